The van der Waals surface area contributed by atoms with Gasteiger partial charge in [-0.3, -0.25) is 4.90 Å². The Hall–Kier alpha value is -5.85. The molecule has 0 aliphatic heterocycles. The smallest absolute Gasteiger partial charge is 0.227 e. The van der Waals surface area contributed by atoms with E-state index in [0.29, 0.717) is 5.71 Å². The van der Waals surface area contributed by atoms with Crippen molar-refractivity contribution in [3.05, 3.63) is 145 Å². The van der Waals surface area contributed by atoms with Crippen LogP contribution in [0.15, 0.2) is 144 Å². The van der Waals surface area contributed by atoms with Gasteiger partial charge in [-0.15, -0.1) is 11.3 Å². The molecule has 5 aromatic heterocycles. The highest BCUT2D eigenvalue weighted by Gasteiger charge is 2.19. The predicted octanol–water partition coefficient (Wildman–Crippen LogP) is 11.3. The molecular formula is C40H26N4OS. The Morgan fingerprint density at radius 3 is 1.98 bits per heavy atom. The molecule has 9 aromatic rings. The number of thiophene rings is 1. The maximum atomic E-state index is 6.33. The van der Waals surface area contributed by atoms with Gasteiger partial charge in [0.1, 0.15) is 17.2 Å². The first kappa shape index (κ1) is 26.5. The van der Waals surface area contributed by atoms with Crippen molar-refractivity contribution < 1.29 is 4.42 Å². The molecule has 0 spiro atoms. The van der Waals surface area contributed by atoms with Crippen LogP contribution in [0.25, 0.3) is 64.8 Å². The highest BCUT2D eigenvalue weighted by Crippen LogP contribution is 2.41. The monoisotopic (exact) mass is 610 g/mol. The molecule has 0 atom stereocenters. The number of benzene rings is 4. The van der Waals surface area contributed by atoms with Gasteiger partial charge < -0.3 is 4.42 Å². The minimum absolute atomic E-state index is 0.638. The lowest BCUT2D eigenvalue weighted by atomic mass is 10.1. The van der Waals surface area contributed by atoms with E-state index in [2.05, 4.69) is 101 Å². The largest absolute Gasteiger partial charge is 0.437 e. The minimum Gasteiger partial charge on any atom is -0.437 e. The molecule has 6 heteroatoms. The summed E-state index contributed by atoms with van der Waals surface area (Å²) in [5, 5.41) is 4.55. The van der Waals surface area contributed by atoms with Gasteiger partial charge in [-0.05, 0) is 67.6 Å². The van der Waals surface area contributed by atoms with Crippen LogP contribution in [0.2, 0.25) is 0 Å². The van der Waals surface area contributed by atoms with Crippen LogP contribution in [0.1, 0.15) is 5.69 Å². The fraction of sp³-hybridized carbons (Fsp3) is 0.0250. The van der Waals surface area contributed by atoms with E-state index in [4.69, 9.17) is 14.4 Å². The fourth-order valence-electron chi connectivity index (χ4n) is 6.28. The maximum absolute atomic E-state index is 6.33. The number of fused-ring (bicyclic) bond motifs is 6. The van der Waals surface area contributed by atoms with Gasteiger partial charge in [-0.25, -0.2) is 15.0 Å². The van der Waals surface area contributed by atoms with E-state index < -0.39 is 0 Å². The zero-order valence-corrected chi connectivity index (χ0v) is 25.7. The minimum atomic E-state index is 0.638. The number of para-hydroxylation sites is 2. The Kier molecular flexibility index (Phi) is 6.14. The molecule has 218 valence electrons. The molecule has 0 unspecified atom stereocenters. The quantitative estimate of drug-likeness (QED) is 0.194. The molecule has 4 aromatic carbocycles. The molecule has 9 rings (SSSR count). The lowest BCUT2D eigenvalue weighted by Crippen LogP contribution is -2.13. The molecule has 0 aliphatic carbocycles. The standard InChI is InChI=1S/C40H26N4OS/c1-25-23-24-30-28-14-7-16-31(38(28)45-40(30)41-25)33-18-9-21-36(42-33)44(26-11-3-2-4-12-26)37-22-10-19-34(43-37)32-17-8-15-29-27-13-5-6-20-35(27)46-39(29)32/h2-24H,1H3. The van der Waals surface area contributed by atoms with E-state index in [9.17, 15) is 0 Å². The molecule has 46 heavy (non-hydrogen) atoms. The second-order valence-electron chi connectivity index (χ2n) is 11.3. The van der Waals surface area contributed by atoms with Crippen LogP contribution in [0.4, 0.5) is 17.3 Å². The molecule has 0 saturated heterocycles. The molecule has 0 N–H and O–H groups in total. The van der Waals surface area contributed by atoms with Gasteiger partial charge in [-0.2, -0.15) is 0 Å². The molecular weight excluding hydrogens is 585 g/mol. The van der Waals surface area contributed by atoms with Crippen molar-refractivity contribution in [2.75, 3.05) is 4.90 Å². The number of aryl methyl sites for hydroxylation is 1. The zero-order valence-electron chi connectivity index (χ0n) is 24.9. The lowest BCUT2D eigenvalue weighted by Gasteiger charge is -2.24. The first-order chi connectivity index (χ1) is 22.7. The van der Waals surface area contributed by atoms with E-state index in [0.717, 1.165) is 61.9 Å². The Bertz CT molecular complexity index is 2570. The molecule has 5 heterocycles. The average Bonchev–Trinajstić information content (AvgIpc) is 3.67. The van der Waals surface area contributed by atoms with Gasteiger partial charge in [0.25, 0.3) is 0 Å². The predicted molar refractivity (Wildman–Crippen MR) is 190 cm³/mol. The van der Waals surface area contributed by atoms with Crippen LogP contribution in [0.5, 0.6) is 0 Å². The number of anilines is 3. The number of nitrogens with zero attached hydrogens (tertiary/aromatic N) is 4. The Morgan fingerprint density at radius 1 is 0.522 bits per heavy atom. The van der Waals surface area contributed by atoms with Crippen molar-refractivity contribution in [1.82, 2.24) is 15.0 Å². The fourth-order valence-corrected chi connectivity index (χ4v) is 7.50. The van der Waals surface area contributed by atoms with E-state index in [1.165, 1.54) is 20.2 Å². The first-order valence-corrected chi connectivity index (χ1v) is 16.0. The molecule has 0 bridgehead atoms. The number of rotatable bonds is 5. The van der Waals surface area contributed by atoms with Crippen molar-refractivity contribution >= 4 is 70.9 Å². The van der Waals surface area contributed by atoms with E-state index in [1.807, 2.05) is 66.8 Å². The summed E-state index contributed by atoms with van der Waals surface area (Å²) in [6.45, 7) is 1.97. The maximum Gasteiger partial charge on any atom is 0.227 e. The summed E-state index contributed by atoms with van der Waals surface area (Å²) in [4.78, 5) is 17.2. The molecule has 0 amide bonds. The van der Waals surface area contributed by atoms with Crippen molar-refractivity contribution in [2.24, 2.45) is 0 Å². The van der Waals surface area contributed by atoms with Crippen LogP contribution in [-0.4, -0.2) is 15.0 Å². The normalized spacial score (nSPS) is 11.6. The third-order valence-electron chi connectivity index (χ3n) is 8.40. The summed E-state index contributed by atoms with van der Waals surface area (Å²) in [5.74, 6) is 1.54. The summed E-state index contributed by atoms with van der Waals surface area (Å²) < 4.78 is 8.85. The second-order valence-corrected chi connectivity index (χ2v) is 12.4. The second kappa shape index (κ2) is 10.6. The van der Waals surface area contributed by atoms with Crippen molar-refractivity contribution in [3.63, 3.8) is 0 Å². The number of hydrogen-bond donors (Lipinski definition) is 0. The van der Waals surface area contributed by atoms with Crippen LogP contribution >= 0.6 is 11.3 Å². The SMILES string of the molecule is Cc1ccc2c(n1)oc1c(-c3cccc(N(c4ccccc4)c4cccc(-c5cccc6c5sc5ccccc56)n4)n3)cccc12. The topological polar surface area (TPSA) is 55.1 Å². The highest BCUT2D eigenvalue weighted by molar-refractivity contribution is 7.26. The molecule has 0 aliphatic rings. The number of furan rings is 1. The van der Waals surface area contributed by atoms with Crippen LogP contribution in [0.3, 0.4) is 0 Å². The summed E-state index contributed by atoms with van der Waals surface area (Å²) in [5.41, 5.74) is 7.08. The van der Waals surface area contributed by atoms with Crippen LogP contribution in [0, 0.1) is 6.92 Å². The third-order valence-corrected chi connectivity index (χ3v) is 9.62. The van der Waals surface area contributed by atoms with E-state index >= 15 is 0 Å². The van der Waals surface area contributed by atoms with Crippen LogP contribution in [-0.2, 0) is 0 Å². The Balaban J connectivity index is 1.20. The summed E-state index contributed by atoms with van der Waals surface area (Å²) in [6.07, 6.45) is 0. The summed E-state index contributed by atoms with van der Waals surface area (Å²) in [7, 11) is 0. The van der Waals surface area contributed by atoms with Gasteiger partial charge in [-0.1, -0.05) is 78.9 Å². The summed E-state index contributed by atoms with van der Waals surface area (Å²) >= 11 is 1.81. The number of hydrogen-bond acceptors (Lipinski definition) is 6. The van der Waals surface area contributed by atoms with Crippen molar-refractivity contribution in [2.45, 2.75) is 6.92 Å². The number of pyridine rings is 3. The van der Waals surface area contributed by atoms with E-state index in [-0.39, 0.29) is 0 Å². The highest BCUT2D eigenvalue weighted by atomic mass is 32.1. The first-order valence-electron chi connectivity index (χ1n) is 15.2. The number of aromatic nitrogens is 3. The molecule has 0 fully saturated rings. The van der Waals surface area contributed by atoms with Crippen molar-refractivity contribution in [1.29, 1.82) is 0 Å². The molecule has 0 radical (unpaired) electrons. The Labute approximate surface area is 269 Å². The van der Waals surface area contributed by atoms with Crippen LogP contribution < -0.4 is 4.90 Å². The lowest BCUT2D eigenvalue weighted by molar-refractivity contribution is 0.653. The Morgan fingerprint density at radius 2 is 1.17 bits per heavy atom. The van der Waals surface area contributed by atoms with Gasteiger partial charge in [0, 0.05) is 53.5 Å². The van der Waals surface area contributed by atoms with Gasteiger partial charge in [0.2, 0.25) is 5.71 Å². The van der Waals surface area contributed by atoms with Gasteiger partial charge in [0.05, 0.1) is 11.4 Å². The average molecular weight is 611 g/mol. The van der Waals surface area contributed by atoms with E-state index in [1.54, 1.807) is 0 Å². The zero-order chi connectivity index (χ0) is 30.6. The van der Waals surface area contributed by atoms with Gasteiger partial charge in [0.15, 0.2) is 0 Å². The third kappa shape index (κ3) is 4.34. The van der Waals surface area contributed by atoms with Crippen molar-refractivity contribution in [3.8, 4) is 22.5 Å². The van der Waals surface area contributed by atoms with Gasteiger partial charge >= 0.3 is 0 Å². The summed E-state index contributed by atoms with van der Waals surface area (Å²) in [6, 6.07) is 47.9. The molecule has 5 nitrogen and oxygen atoms in total. The molecule has 0 saturated carbocycles.